The van der Waals surface area contributed by atoms with Crippen LogP contribution in [0.15, 0.2) is 5.16 Å². The van der Waals surface area contributed by atoms with Gasteiger partial charge in [0.1, 0.15) is 0 Å². The largest absolute Gasteiger partial charge is 0.354 e. The van der Waals surface area contributed by atoms with Crippen molar-refractivity contribution < 1.29 is 0 Å². The molecule has 0 atom stereocenters. The number of fused-ring (bicyclic) bond motifs is 1. The summed E-state index contributed by atoms with van der Waals surface area (Å²) in [6.07, 6.45) is 3.19. The maximum absolute atomic E-state index is 4.03. The Hall–Kier alpha value is -0.710. The van der Waals surface area contributed by atoms with E-state index in [0.29, 0.717) is 0 Å². The van der Waals surface area contributed by atoms with Crippen molar-refractivity contribution in [2.75, 3.05) is 18.1 Å². The first kappa shape index (κ1) is 6.97. The molecular formula is C6H10N4S. The van der Waals surface area contributed by atoms with Gasteiger partial charge in [0.25, 0.3) is 0 Å². The molecule has 0 amide bonds. The van der Waals surface area contributed by atoms with Gasteiger partial charge in [0.05, 0.1) is 0 Å². The molecule has 1 aromatic heterocycles. The molecule has 1 aromatic rings. The lowest BCUT2D eigenvalue weighted by Crippen LogP contribution is -2.17. The summed E-state index contributed by atoms with van der Waals surface area (Å²) in [6.45, 7) is 2.07. The second-order valence-electron chi connectivity index (χ2n) is 2.44. The van der Waals surface area contributed by atoms with E-state index in [0.717, 1.165) is 24.2 Å². The molecule has 0 radical (unpaired) electrons. The van der Waals surface area contributed by atoms with Crippen LogP contribution in [0.2, 0.25) is 0 Å². The van der Waals surface area contributed by atoms with Gasteiger partial charge in [0.15, 0.2) is 5.16 Å². The van der Waals surface area contributed by atoms with Crippen LogP contribution in [0.4, 0.5) is 5.95 Å². The molecule has 11 heavy (non-hydrogen) atoms. The normalized spacial score (nSPS) is 15.7. The van der Waals surface area contributed by atoms with Crippen molar-refractivity contribution in [2.24, 2.45) is 0 Å². The van der Waals surface area contributed by atoms with Gasteiger partial charge in [-0.3, -0.25) is 4.57 Å². The maximum atomic E-state index is 4.03. The van der Waals surface area contributed by atoms with E-state index in [-0.39, 0.29) is 0 Å². The SMILES string of the molecule is CSc1nnc2n1CCCN2. The molecule has 1 N–H and O–H groups in total. The average molecular weight is 170 g/mol. The number of thioether (sulfide) groups is 1. The number of aromatic nitrogens is 3. The molecule has 0 bridgehead atoms. The van der Waals surface area contributed by atoms with Crippen molar-refractivity contribution >= 4 is 17.7 Å². The van der Waals surface area contributed by atoms with Crippen molar-refractivity contribution in [1.29, 1.82) is 0 Å². The van der Waals surface area contributed by atoms with Crippen molar-refractivity contribution in [3.63, 3.8) is 0 Å². The van der Waals surface area contributed by atoms with Crippen LogP contribution >= 0.6 is 11.8 Å². The predicted octanol–water partition coefficient (Wildman–Crippen LogP) is 0.816. The van der Waals surface area contributed by atoms with Crippen LogP contribution in [-0.2, 0) is 6.54 Å². The molecule has 0 fully saturated rings. The minimum Gasteiger partial charge on any atom is -0.354 e. The van der Waals surface area contributed by atoms with Gasteiger partial charge in [-0.2, -0.15) is 0 Å². The Morgan fingerprint density at radius 3 is 3.27 bits per heavy atom. The van der Waals surface area contributed by atoms with E-state index in [1.165, 1.54) is 6.42 Å². The third kappa shape index (κ3) is 1.09. The molecule has 0 aromatic carbocycles. The van der Waals surface area contributed by atoms with Crippen LogP contribution in [-0.4, -0.2) is 27.6 Å². The number of hydrogen-bond donors (Lipinski definition) is 1. The van der Waals surface area contributed by atoms with Gasteiger partial charge in [0.2, 0.25) is 5.95 Å². The molecular weight excluding hydrogens is 160 g/mol. The molecule has 5 heteroatoms. The Kier molecular flexibility index (Phi) is 1.73. The number of anilines is 1. The molecule has 0 aliphatic carbocycles. The fraction of sp³-hybridized carbons (Fsp3) is 0.667. The first-order valence-corrected chi connectivity index (χ1v) is 4.85. The molecule has 0 unspecified atom stereocenters. The fourth-order valence-corrected chi connectivity index (χ4v) is 1.73. The van der Waals surface area contributed by atoms with Crippen LogP contribution in [0.25, 0.3) is 0 Å². The second-order valence-corrected chi connectivity index (χ2v) is 3.22. The van der Waals surface area contributed by atoms with E-state index >= 15 is 0 Å². The monoisotopic (exact) mass is 170 g/mol. The number of rotatable bonds is 1. The fourth-order valence-electron chi connectivity index (χ4n) is 1.21. The van der Waals surface area contributed by atoms with Crippen molar-refractivity contribution in [3.8, 4) is 0 Å². The number of nitrogens with zero attached hydrogens (tertiary/aromatic N) is 3. The highest BCUT2D eigenvalue weighted by Crippen LogP contribution is 2.19. The molecule has 0 spiro atoms. The Morgan fingerprint density at radius 2 is 2.45 bits per heavy atom. The minimum absolute atomic E-state index is 0.917. The van der Waals surface area contributed by atoms with E-state index in [9.17, 15) is 0 Å². The highest BCUT2D eigenvalue weighted by atomic mass is 32.2. The third-order valence-corrected chi connectivity index (χ3v) is 2.41. The van der Waals surface area contributed by atoms with E-state index in [1.54, 1.807) is 11.8 Å². The van der Waals surface area contributed by atoms with E-state index in [1.807, 2.05) is 6.26 Å². The Balaban J connectivity index is 2.38. The first-order chi connectivity index (χ1) is 5.42. The number of nitrogens with one attached hydrogen (secondary N) is 1. The topological polar surface area (TPSA) is 42.7 Å². The molecule has 0 saturated heterocycles. The van der Waals surface area contributed by atoms with E-state index in [4.69, 9.17) is 0 Å². The molecule has 1 aliphatic rings. The van der Waals surface area contributed by atoms with Crippen LogP contribution in [0, 0.1) is 0 Å². The van der Waals surface area contributed by atoms with Gasteiger partial charge in [-0.05, 0) is 12.7 Å². The summed E-state index contributed by atoms with van der Waals surface area (Å²) in [5.74, 6) is 0.917. The lowest BCUT2D eigenvalue weighted by atomic mass is 10.4. The molecule has 1 aliphatic heterocycles. The van der Waals surface area contributed by atoms with Gasteiger partial charge in [-0.1, -0.05) is 11.8 Å². The van der Waals surface area contributed by atoms with Crippen LogP contribution in [0.3, 0.4) is 0 Å². The third-order valence-electron chi connectivity index (χ3n) is 1.74. The summed E-state index contributed by atoms with van der Waals surface area (Å²) in [4.78, 5) is 0. The van der Waals surface area contributed by atoms with Gasteiger partial charge in [-0.15, -0.1) is 10.2 Å². The van der Waals surface area contributed by atoms with Crippen LogP contribution in [0.5, 0.6) is 0 Å². The Morgan fingerprint density at radius 1 is 1.55 bits per heavy atom. The van der Waals surface area contributed by atoms with E-state index < -0.39 is 0 Å². The quantitative estimate of drug-likeness (QED) is 0.633. The van der Waals surface area contributed by atoms with E-state index in [2.05, 4.69) is 20.1 Å². The summed E-state index contributed by atoms with van der Waals surface area (Å²) < 4.78 is 2.12. The van der Waals surface area contributed by atoms with Crippen LogP contribution < -0.4 is 5.32 Å². The molecule has 2 heterocycles. The zero-order chi connectivity index (χ0) is 7.68. The van der Waals surface area contributed by atoms with Crippen molar-refractivity contribution in [3.05, 3.63) is 0 Å². The standard InChI is InChI=1S/C6H10N4S/c1-11-6-9-8-5-7-3-2-4-10(5)6/h2-4H2,1H3,(H,7,8). The smallest absolute Gasteiger partial charge is 0.225 e. The van der Waals surface area contributed by atoms with Crippen molar-refractivity contribution in [1.82, 2.24) is 14.8 Å². The number of hydrogen-bond acceptors (Lipinski definition) is 4. The molecule has 60 valence electrons. The summed E-state index contributed by atoms with van der Waals surface area (Å²) in [5, 5.41) is 12.2. The summed E-state index contributed by atoms with van der Waals surface area (Å²) >= 11 is 1.64. The highest BCUT2D eigenvalue weighted by molar-refractivity contribution is 7.98. The molecule has 4 nitrogen and oxygen atoms in total. The van der Waals surface area contributed by atoms with Crippen molar-refractivity contribution in [2.45, 2.75) is 18.1 Å². The predicted molar refractivity (Wildman–Crippen MR) is 44.9 cm³/mol. The highest BCUT2D eigenvalue weighted by Gasteiger charge is 2.13. The zero-order valence-corrected chi connectivity index (χ0v) is 7.19. The lowest BCUT2D eigenvalue weighted by molar-refractivity contribution is 0.584. The Labute approximate surface area is 69.4 Å². The van der Waals surface area contributed by atoms with Crippen LogP contribution in [0.1, 0.15) is 6.42 Å². The van der Waals surface area contributed by atoms with Gasteiger partial charge in [-0.25, -0.2) is 0 Å². The van der Waals surface area contributed by atoms with Gasteiger partial charge in [0, 0.05) is 13.1 Å². The first-order valence-electron chi connectivity index (χ1n) is 3.63. The Bertz CT molecular complexity index is 244. The maximum Gasteiger partial charge on any atom is 0.225 e. The summed E-state index contributed by atoms with van der Waals surface area (Å²) in [5.41, 5.74) is 0. The molecule has 2 rings (SSSR count). The van der Waals surface area contributed by atoms with Gasteiger partial charge < -0.3 is 5.32 Å². The molecule has 0 saturated carbocycles. The zero-order valence-electron chi connectivity index (χ0n) is 6.37. The average Bonchev–Trinajstić information content (AvgIpc) is 2.47. The lowest BCUT2D eigenvalue weighted by Gasteiger charge is -2.15. The minimum atomic E-state index is 0.917. The summed E-state index contributed by atoms with van der Waals surface area (Å²) in [7, 11) is 0. The second kappa shape index (κ2) is 2.73. The summed E-state index contributed by atoms with van der Waals surface area (Å²) in [6, 6.07) is 0. The van der Waals surface area contributed by atoms with Gasteiger partial charge >= 0.3 is 0 Å².